The van der Waals surface area contributed by atoms with Crippen LogP contribution in [-0.4, -0.2) is 47.9 Å². The molecule has 170 valence electrons. The van der Waals surface area contributed by atoms with Crippen molar-refractivity contribution in [1.29, 1.82) is 0 Å². The fourth-order valence-corrected chi connectivity index (χ4v) is 3.56. The van der Waals surface area contributed by atoms with E-state index in [9.17, 15) is 19.7 Å². The molecule has 0 aromatic heterocycles. The summed E-state index contributed by atoms with van der Waals surface area (Å²) < 4.78 is 11.3. The highest BCUT2D eigenvalue weighted by molar-refractivity contribution is 6.05. The highest BCUT2D eigenvalue weighted by Crippen LogP contribution is 2.30. The molecule has 0 aliphatic carbocycles. The third-order valence-corrected chi connectivity index (χ3v) is 5.32. The fraction of sp³-hybridized carbons (Fsp3) is 0.391. The van der Waals surface area contributed by atoms with E-state index < -0.39 is 10.8 Å². The van der Waals surface area contributed by atoms with Crippen LogP contribution < -0.4 is 14.8 Å². The normalized spacial score (nSPS) is 13.4. The smallest absolute Gasteiger partial charge is 0.274 e. The maximum Gasteiger partial charge on any atom is 0.274 e. The third kappa shape index (κ3) is 5.54. The van der Waals surface area contributed by atoms with Crippen LogP contribution in [0.1, 0.15) is 42.1 Å². The molecule has 1 heterocycles. The number of ether oxygens (including phenoxy) is 2. The van der Waals surface area contributed by atoms with Gasteiger partial charge in [-0.15, -0.1) is 0 Å². The zero-order chi connectivity index (χ0) is 23.1. The van der Waals surface area contributed by atoms with Gasteiger partial charge in [0.05, 0.1) is 22.8 Å². The molecule has 0 spiro atoms. The molecule has 0 unspecified atom stereocenters. The average Bonchev–Trinajstić information content (AvgIpc) is 2.79. The molecule has 9 nitrogen and oxygen atoms in total. The number of nitro groups is 1. The van der Waals surface area contributed by atoms with Gasteiger partial charge in [0, 0.05) is 24.7 Å². The summed E-state index contributed by atoms with van der Waals surface area (Å²) in [4.78, 5) is 37.6. The Morgan fingerprint density at radius 3 is 2.53 bits per heavy atom. The van der Waals surface area contributed by atoms with Gasteiger partial charge in [0.1, 0.15) is 0 Å². The average molecular weight is 441 g/mol. The number of hydrogen-bond donors (Lipinski definition) is 1. The first-order chi connectivity index (χ1) is 15.4. The summed E-state index contributed by atoms with van der Waals surface area (Å²) in [6.45, 7) is 5.13. The highest BCUT2D eigenvalue weighted by atomic mass is 16.6. The van der Waals surface area contributed by atoms with Crippen molar-refractivity contribution in [3.63, 3.8) is 0 Å². The van der Waals surface area contributed by atoms with Crippen LogP contribution in [0.25, 0.3) is 0 Å². The monoisotopic (exact) mass is 441 g/mol. The van der Waals surface area contributed by atoms with Gasteiger partial charge in [-0.05, 0) is 57.4 Å². The summed E-state index contributed by atoms with van der Waals surface area (Å²) in [5, 5.41) is 13.8. The summed E-state index contributed by atoms with van der Waals surface area (Å²) in [5.41, 5.74) is 0.954. The minimum Gasteiger partial charge on any atom is -0.490 e. The van der Waals surface area contributed by atoms with E-state index in [0.29, 0.717) is 34.9 Å². The number of likely N-dealkylation sites (tertiary alicyclic amines) is 1. The molecule has 0 atom stereocenters. The molecule has 1 N–H and O–H groups in total. The van der Waals surface area contributed by atoms with Crippen LogP contribution in [0, 0.1) is 17.0 Å². The van der Waals surface area contributed by atoms with E-state index in [4.69, 9.17) is 9.47 Å². The van der Waals surface area contributed by atoms with E-state index >= 15 is 0 Å². The van der Waals surface area contributed by atoms with Crippen LogP contribution in [0.2, 0.25) is 0 Å². The van der Waals surface area contributed by atoms with Crippen molar-refractivity contribution in [1.82, 2.24) is 4.90 Å². The first-order valence-corrected chi connectivity index (χ1v) is 10.6. The number of hydrogen-bond acceptors (Lipinski definition) is 6. The molecule has 2 amide bonds. The maximum absolute atomic E-state index is 12.7. The van der Waals surface area contributed by atoms with Gasteiger partial charge in [-0.2, -0.15) is 0 Å². The maximum atomic E-state index is 12.7. The lowest BCUT2D eigenvalue weighted by Gasteiger charge is -2.26. The fourth-order valence-electron chi connectivity index (χ4n) is 3.56. The number of anilines is 1. The molecular weight excluding hydrogens is 414 g/mol. The van der Waals surface area contributed by atoms with Crippen LogP contribution in [0.5, 0.6) is 11.5 Å². The van der Waals surface area contributed by atoms with E-state index in [0.717, 1.165) is 32.4 Å². The van der Waals surface area contributed by atoms with Crippen molar-refractivity contribution in [3.05, 3.63) is 57.6 Å². The third-order valence-electron chi connectivity index (χ3n) is 5.32. The summed E-state index contributed by atoms with van der Waals surface area (Å²) in [6, 6.07) is 9.19. The quantitative estimate of drug-likeness (QED) is 0.491. The Balaban J connectivity index is 1.72. The predicted molar refractivity (Wildman–Crippen MR) is 119 cm³/mol. The Morgan fingerprint density at radius 2 is 1.84 bits per heavy atom. The number of benzene rings is 2. The van der Waals surface area contributed by atoms with Crippen LogP contribution in [0.3, 0.4) is 0 Å². The highest BCUT2D eigenvalue weighted by Gasteiger charge is 2.19. The van der Waals surface area contributed by atoms with Gasteiger partial charge in [-0.3, -0.25) is 19.7 Å². The molecule has 1 aliphatic heterocycles. The Morgan fingerprint density at radius 1 is 1.09 bits per heavy atom. The lowest BCUT2D eigenvalue weighted by molar-refractivity contribution is -0.385. The van der Waals surface area contributed by atoms with Crippen molar-refractivity contribution >= 4 is 23.2 Å². The second kappa shape index (κ2) is 10.6. The molecule has 2 aromatic carbocycles. The lowest BCUT2D eigenvalue weighted by Crippen LogP contribution is -2.38. The summed E-state index contributed by atoms with van der Waals surface area (Å²) in [6.07, 6.45) is 3.14. The van der Waals surface area contributed by atoms with Gasteiger partial charge in [0.15, 0.2) is 18.1 Å². The molecular formula is C23H27N3O6. The molecule has 0 radical (unpaired) electrons. The first kappa shape index (κ1) is 23.1. The Bertz CT molecular complexity index is 1000. The van der Waals surface area contributed by atoms with Gasteiger partial charge in [-0.25, -0.2) is 0 Å². The van der Waals surface area contributed by atoms with E-state index in [1.165, 1.54) is 18.2 Å². The van der Waals surface area contributed by atoms with Crippen LogP contribution >= 0.6 is 0 Å². The van der Waals surface area contributed by atoms with E-state index in [-0.39, 0.29) is 18.2 Å². The van der Waals surface area contributed by atoms with Crippen molar-refractivity contribution in [2.75, 3.05) is 31.6 Å². The zero-order valence-electron chi connectivity index (χ0n) is 18.3. The zero-order valence-corrected chi connectivity index (χ0v) is 18.3. The number of nitro benzene ring substituents is 1. The van der Waals surface area contributed by atoms with Crippen LogP contribution in [0.4, 0.5) is 11.4 Å². The molecule has 0 bridgehead atoms. The second-order valence-electron chi connectivity index (χ2n) is 7.49. The number of nitrogens with zero attached hydrogens (tertiary/aromatic N) is 2. The number of rotatable bonds is 8. The van der Waals surface area contributed by atoms with E-state index in [1.807, 2.05) is 6.92 Å². The van der Waals surface area contributed by atoms with Gasteiger partial charge in [-0.1, -0.05) is 6.07 Å². The lowest BCUT2D eigenvalue weighted by atomic mass is 10.1. The van der Waals surface area contributed by atoms with E-state index in [2.05, 4.69) is 5.32 Å². The van der Waals surface area contributed by atoms with Crippen molar-refractivity contribution in [2.24, 2.45) is 0 Å². The molecule has 32 heavy (non-hydrogen) atoms. The van der Waals surface area contributed by atoms with Crippen molar-refractivity contribution < 1.29 is 24.0 Å². The van der Waals surface area contributed by atoms with Gasteiger partial charge >= 0.3 is 0 Å². The minimum atomic E-state index is -0.491. The number of piperidine rings is 1. The molecule has 3 rings (SSSR count). The summed E-state index contributed by atoms with van der Waals surface area (Å²) in [7, 11) is 0. The van der Waals surface area contributed by atoms with E-state index in [1.54, 1.807) is 30.0 Å². The van der Waals surface area contributed by atoms with Crippen LogP contribution in [0.15, 0.2) is 36.4 Å². The van der Waals surface area contributed by atoms with Crippen LogP contribution in [-0.2, 0) is 4.79 Å². The second-order valence-corrected chi connectivity index (χ2v) is 7.49. The largest absolute Gasteiger partial charge is 0.490 e. The molecule has 1 aliphatic rings. The van der Waals surface area contributed by atoms with Gasteiger partial charge < -0.3 is 19.7 Å². The number of carbonyl (C=O) groups excluding carboxylic acids is 2. The number of amides is 2. The Hall–Kier alpha value is -3.62. The summed E-state index contributed by atoms with van der Waals surface area (Å²) >= 11 is 0. The molecule has 1 saturated heterocycles. The van der Waals surface area contributed by atoms with Crippen molar-refractivity contribution in [2.45, 2.75) is 33.1 Å². The summed E-state index contributed by atoms with van der Waals surface area (Å²) in [5.74, 6) is 0.211. The molecule has 1 fully saturated rings. The standard InChI is InChI=1S/C23H27N3O6/c1-3-31-21-14-17(23(28)24-18-8-7-9-19(16(18)2)26(29)30)10-11-20(21)32-15-22(27)25-12-5-4-6-13-25/h7-11,14H,3-6,12-13,15H2,1-2H3,(H,24,28). The minimum absolute atomic E-state index is 0.0695. The number of carbonyl (C=O) groups is 2. The molecule has 0 saturated carbocycles. The Labute approximate surface area is 186 Å². The first-order valence-electron chi connectivity index (χ1n) is 10.6. The number of nitrogens with one attached hydrogen (secondary N) is 1. The van der Waals surface area contributed by atoms with Gasteiger partial charge in [0.2, 0.25) is 0 Å². The molecule has 2 aromatic rings. The topological polar surface area (TPSA) is 111 Å². The predicted octanol–water partition coefficient (Wildman–Crippen LogP) is 3.95. The SMILES string of the molecule is CCOc1cc(C(=O)Nc2cccc([N+](=O)[O-])c2C)ccc1OCC(=O)N1CCCCC1. The van der Waals surface area contributed by atoms with Gasteiger partial charge in [0.25, 0.3) is 17.5 Å². The van der Waals surface area contributed by atoms with Crippen molar-refractivity contribution in [3.8, 4) is 11.5 Å². The molecule has 9 heteroatoms. The Kier molecular flexibility index (Phi) is 7.64.